The molecule has 0 bridgehead atoms. The molecular formula is C21H12ClF2NO2. The van der Waals surface area contributed by atoms with Crippen LogP contribution in [0.1, 0.15) is 16.7 Å². The van der Waals surface area contributed by atoms with Crippen LogP contribution >= 0.6 is 11.6 Å². The summed E-state index contributed by atoms with van der Waals surface area (Å²) < 4.78 is 31.9. The highest BCUT2D eigenvalue weighted by atomic mass is 35.5. The fourth-order valence-corrected chi connectivity index (χ4v) is 3.19. The molecule has 0 aliphatic carbocycles. The van der Waals surface area contributed by atoms with Crippen molar-refractivity contribution in [2.24, 2.45) is 4.99 Å². The third-order valence-electron chi connectivity index (χ3n) is 4.33. The first-order valence-electron chi connectivity index (χ1n) is 8.10. The van der Waals surface area contributed by atoms with Crippen LogP contribution in [0.5, 0.6) is 0 Å². The van der Waals surface area contributed by atoms with E-state index in [1.54, 1.807) is 6.08 Å². The molecule has 0 unspecified atom stereocenters. The van der Waals surface area contributed by atoms with Crippen molar-refractivity contribution in [2.45, 2.75) is 6.92 Å². The van der Waals surface area contributed by atoms with Crippen LogP contribution in [0.4, 0.5) is 8.78 Å². The fourth-order valence-electron chi connectivity index (χ4n) is 2.96. The highest BCUT2D eigenvalue weighted by molar-refractivity contribution is 6.34. The lowest BCUT2D eigenvalue weighted by Crippen LogP contribution is -2.07. The predicted molar refractivity (Wildman–Crippen MR) is 101 cm³/mol. The van der Waals surface area contributed by atoms with Crippen LogP contribution in [0.3, 0.4) is 0 Å². The second-order valence-corrected chi connectivity index (χ2v) is 6.51. The molecular weight excluding hydrogens is 372 g/mol. The number of rotatable bonds is 2. The van der Waals surface area contributed by atoms with Crippen molar-refractivity contribution in [3.05, 3.63) is 87.6 Å². The second kappa shape index (κ2) is 6.59. The van der Waals surface area contributed by atoms with Crippen LogP contribution in [0, 0.1) is 18.6 Å². The number of hydrogen-bond acceptors (Lipinski definition) is 3. The predicted octanol–water partition coefficient (Wildman–Crippen LogP) is 5.42. The summed E-state index contributed by atoms with van der Waals surface area (Å²) >= 11 is 5.93. The third kappa shape index (κ3) is 3.11. The average molecular weight is 384 g/mol. The molecule has 3 nitrogen and oxygen atoms in total. The lowest BCUT2D eigenvalue weighted by Gasteiger charge is -2.05. The van der Waals surface area contributed by atoms with Gasteiger partial charge in [-0.3, -0.25) is 0 Å². The highest BCUT2D eigenvalue weighted by Crippen LogP contribution is 2.28. The first-order chi connectivity index (χ1) is 12.9. The molecule has 0 N–H and O–H groups in total. The number of nitrogens with zero attached hydrogens (tertiary/aromatic N) is 1. The number of cyclic esters (lactones) is 1. The van der Waals surface area contributed by atoms with E-state index in [1.165, 1.54) is 0 Å². The van der Waals surface area contributed by atoms with Gasteiger partial charge >= 0.3 is 5.97 Å². The topological polar surface area (TPSA) is 38.7 Å². The monoisotopic (exact) mass is 383 g/mol. The number of ether oxygens (including phenoxy) is 1. The van der Waals surface area contributed by atoms with E-state index in [9.17, 15) is 13.6 Å². The fraction of sp³-hybridized carbons (Fsp3) is 0.0476. The van der Waals surface area contributed by atoms with Crippen LogP contribution in [0.15, 0.2) is 59.2 Å². The number of aliphatic imine (C=N–C) groups is 1. The Morgan fingerprint density at radius 2 is 1.74 bits per heavy atom. The molecule has 3 aromatic carbocycles. The molecule has 1 aliphatic heterocycles. The van der Waals surface area contributed by atoms with Gasteiger partial charge in [-0.1, -0.05) is 48.0 Å². The normalized spacial score (nSPS) is 15.3. The van der Waals surface area contributed by atoms with E-state index in [-0.39, 0.29) is 22.2 Å². The number of esters is 1. The molecule has 1 heterocycles. The molecule has 0 saturated heterocycles. The van der Waals surface area contributed by atoms with Crippen molar-refractivity contribution in [3.63, 3.8) is 0 Å². The summed E-state index contributed by atoms with van der Waals surface area (Å²) in [5.41, 5.74) is 1.98. The number of benzene rings is 3. The molecule has 0 radical (unpaired) electrons. The Bertz CT molecular complexity index is 1170. The molecule has 4 rings (SSSR count). The second-order valence-electron chi connectivity index (χ2n) is 6.10. The average Bonchev–Trinajstić information content (AvgIpc) is 3.01. The molecule has 0 saturated carbocycles. The van der Waals surface area contributed by atoms with Crippen LogP contribution in [0.25, 0.3) is 16.8 Å². The Morgan fingerprint density at radius 1 is 1.04 bits per heavy atom. The smallest absolute Gasteiger partial charge is 0.363 e. The number of carbonyl (C=O) groups is 1. The number of hydrogen-bond donors (Lipinski definition) is 0. The van der Waals surface area contributed by atoms with Crippen LogP contribution in [-0.4, -0.2) is 11.9 Å². The molecule has 0 fully saturated rings. The highest BCUT2D eigenvalue weighted by Gasteiger charge is 2.27. The van der Waals surface area contributed by atoms with Crippen molar-refractivity contribution < 1.29 is 18.3 Å². The van der Waals surface area contributed by atoms with Gasteiger partial charge in [0.05, 0.1) is 10.6 Å². The summed E-state index contributed by atoms with van der Waals surface area (Å²) in [7, 11) is 0. The third-order valence-corrected chi connectivity index (χ3v) is 4.64. The number of aryl methyl sites for hydroxylation is 1. The Hall–Kier alpha value is -3.05. The quantitative estimate of drug-likeness (QED) is 0.336. The summed E-state index contributed by atoms with van der Waals surface area (Å²) in [5.74, 6) is -3.03. The van der Waals surface area contributed by atoms with E-state index in [0.717, 1.165) is 34.0 Å². The van der Waals surface area contributed by atoms with Gasteiger partial charge < -0.3 is 4.74 Å². The summed E-state index contributed by atoms with van der Waals surface area (Å²) in [6, 6.07) is 13.3. The Morgan fingerprint density at radius 3 is 2.52 bits per heavy atom. The maximum Gasteiger partial charge on any atom is 0.363 e. The summed E-state index contributed by atoms with van der Waals surface area (Å²) in [4.78, 5) is 16.3. The molecule has 3 aromatic rings. The molecule has 0 aromatic heterocycles. The lowest BCUT2D eigenvalue weighted by atomic mass is 10.00. The van der Waals surface area contributed by atoms with Gasteiger partial charge in [-0.05, 0) is 47.0 Å². The van der Waals surface area contributed by atoms with E-state index in [4.69, 9.17) is 16.3 Å². The maximum absolute atomic E-state index is 13.5. The standard InChI is InChI=1S/C21H12ClF2NO2/c1-11-6-7-12(14-5-3-2-4-13(11)14)8-19-21(26)27-20(25-19)15-9-17(23)18(24)10-16(15)22/h2-10H,1H3/b19-8+. The molecule has 1 aliphatic rings. The number of fused-ring (bicyclic) bond motifs is 1. The van der Waals surface area contributed by atoms with E-state index in [1.807, 2.05) is 43.3 Å². The lowest BCUT2D eigenvalue weighted by molar-refractivity contribution is -0.129. The van der Waals surface area contributed by atoms with Gasteiger partial charge in [0.25, 0.3) is 0 Å². The van der Waals surface area contributed by atoms with Gasteiger partial charge in [-0.15, -0.1) is 0 Å². The van der Waals surface area contributed by atoms with Crippen molar-refractivity contribution >= 4 is 40.3 Å². The van der Waals surface area contributed by atoms with Crippen molar-refractivity contribution in [1.29, 1.82) is 0 Å². The van der Waals surface area contributed by atoms with Crippen LogP contribution in [-0.2, 0) is 9.53 Å². The van der Waals surface area contributed by atoms with E-state index >= 15 is 0 Å². The van der Waals surface area contributed by atoms with E-state index in [0.29, 0.717) is 0 Å². The van der Waals surface area contributed by atoms with Gasteiger partial charge in [-0.2, -0.15) is 0 Å². The zero-order valence-electron chi connectivity index (χ0n) is 14.1. The minimum absolute atomic E-state index is 0.0149. The van der Waals surface area contributed by atoms with Crippen molar-refractivity contribution in [1.82, 2.24) is 0 Å². The largest absolute Gasteiger partial charge is 0.402 e. The van der Waals surface area contributed by atoms with E-state index < -0.39 is 17.6 Å². The molecule has 134 valence electrons. The molecule has 0 spiro atoms. The van der Waals surface area contributed by atoms with Gasteiger partial charge in [-0.25, -0.2) is 18.6 Å². The Labute approximate surface area is 158 Å². The van der Waals surface area contributed by atoms with Crippen molar-refractivity contribution in [3.8, 4) is 0 Å². The van der Waals surface area contributed by atoms with E-state index in [2.05, 4.69) is 4.99 Å². The zero-order chi connectivity index (χ0) is 19.1. The van der Waals surface area contributed by atoms with Gasteiger partial charge in [0.1, 0.15) is 0 Å². The van der Waals surface area contributed by atoms with Gasteiger partial charge in [0.15, 0.2) is 17.3 Å². The van der Waals surface area contributed by atoms with Crippen LogP contribution in [0.2, 0.25) is 5.02 Å². The zero-order valence-corrected chi connectivity index (χ0v) is 14.8. The van der Waals surface area contributed by atoms with Crippen molar-refractivity contribution in [2.75, 3.05) is 0 Å². The molecule has 6 heteroatoms. The van der Waals surface area contributed by atoms with Crippen LogP contribution < -0.4 is 0 Å². The Kier molecular flexibility index (Phi) is 4.24. The minimum Gasteiger partial charge on any atom is -0.402 e. The first-order valence-corrected chi connectivity index (χ1v) is 8.47. The number of carbonyl (C=O) groups excluding carboxylic acids is 1. The molecule has 27 heavy (non-hydrogen) atoms. The molecule has 0 amide bonds. The SMILES string of the molecule is Cc1ccc(/C=C2/N=C(c3cc(F)c(F)cc3Cl)OC2=O)c2ccccc12. The van der Waals surface area contributed by atoms with Gasteiger partial charge in [0.2, 0.25) is 5.90 Å². The molecule has 0 atom stereocenters. The maximum atomic E-state index is 13.5. The number of halogens is 3. The minimum atomic E-state index is -1.10. The Balaban J connectivity index is 1.81. The first kappa shape index (κ1) is 17.4. The summed E-state index contributed by atoms with van der Waals surface area (Å²) in [5, 5.41) is 1.93. The van der Waals surface area contributed by atoms with Gasteiger partial charge in [0, 0.05) is 0 Å². The summed E-state index contributed by atoms with van der Waals surface area (Å²) in [6.45, 7) is 2.00. The summed E-state index contributed by atoms with van der Waals surface area (Å²) in [6.07, 6.45) is 1.60.